The molecule has 0 bridgehead atoms. The van der Waals surface area contributed by atoms with Gasteiger partial charge in [0.25, 0.3) is 0 Å². The van der Waals surface area contributed by atoms with Gasteiger partial charge in [0.05, 0.1) is 14.2 Å². The Morgan fingerprint density at radius 2 is 1.75 bits per heavy atom. The lowest BCUT2D eigenvalue weighted by Crippen LogP contribution is -2.26. The van der Waals surface area contributed by atoms with Crippen LogP contribution in [0.5, 0.6) is 0 Å². The van der Waals surface area contributed by atoms with Crippen LogP contribution in [-0.2, 0) is 19.1 Å². The van der Waals surface area contributed by atoms with Crippen molar-refractivity contribution in [3.63, 3.8) is 0 Å². The average Bonchev–Trinajstić information content (AvgIpc) is 2.32. The van der Waals surface area contributed by atoms with Crippen LogP contribution in [0.4, 0.5) is 0 Å². The highest BCUT2D eigenvalue weighted by Crippen LogP contribution is 2.11. The highest BCUT2D eigenvalue weighted by Gasteiger charge is 2.27. The first-order valence-corrected chi connectivity index (χ1v) is 4.89. The monoisotopic (exact) mass is 228 g/mol. The lowest BCUT2D eigenvalue weighted by Gasteiger charge is -2.10. The van der Waals surface area contributed by atoms with Gasteiger partial charge in [-0.05, 0) is 12.8 Å². The Hall–Kier alpha value is -1.54. The summed E-state index contributed by atoms with van der Waals surface area (Å²) in [5.74, 6) is 3.11. The van der Waals surface area contributed by atoms with Crippen molar-refractivity contribution in [2.75, 3.05) is 20.8 Å². The third kappa shape index (κ3) is 5.37. The minimum absolute atomic E-state index is 0.183. The van der Waals surface area contributed by atoms with Gasteiger partial charge in [0.15, 0.2) is 5.92 Å². The SMILES string of the molecule is COC(=O)C(CCCC#CCO)C(=O)OC. The molecule has 0 unspecified atom stereocenters. The molecule has 0 aromatic carbocycles. The lowest BCUT2D eigenvalue weighted by atomic mass is 10.0. The van der Waals surface area contributed by atoms with Crippen LogP contribution in [0.15, 0.2) is 0 Å². The predicted molar refractivity (Wildman–Crippen MR) is 56.2 cm³/mol. The Balaban J connectivity index is 4.12. The van der Waals surface area contributed by atoms with Crippen molar-refractivity contribution in [3.05, 3.63) is 0 Å². The first-order valence-electron chi connectivity index (χ1n) is 4.89. The number of ether oxygens (including phenoxy) is 2. The second kappa shape index (κ2) is 8.74. The summed E-state index contributed by atoms with van der Waals surface area (Å²) < 4.78 is 9.00. The Morgan fingerprint density at radius 1 is 1.19 bits per heavy atom. The molecule has 0 heterocycles. The molecule has 0 radical (unpaired) electrons. The molecule has 0 rings (SSSR count). The molecule has 0 aliphatic rings. The van der Waals surface area contributed by atoms with Crippen molar-refractivity contribution >= 4 is 11.9 Å². The molecule has 5 nitrogen and oxygen atoms in total. The standard InChI is InChI=1S/C11H16O5/c1-15-10(13)9(11(14)16-2)7-5-3-4-6-8-12/h9,12H,3,5,7-8H2,1-2H3. The van der Waals surface area contributed by atoms with E-state index in [-0.39, 0.29) is 6.61 Å². The normalized spacial score (nSPS) is 9.25. The van der Waals surface area contributed by atoms with Gasteiger partial charge in [0.1, 0.15) is 6.61 Å². The number of aliphatic hydroxyl groups excluding tert-OH is 1. The first kappa shape index (κ1) is 14.5. The predicted octanol–water partition coefficient (Wildman–Crippen LogP) is 0.115. The van der Waals surface area contributed by atoms with E-state index in [0.717, 1.165) is 0 Å². The molecule has 0 aromatic heterocycles. The van der Waals surface area contributed by atoms with E-state index in [0.29, 0.717) is 19.3 Å². The number of hydrogen-bond acceptors (Lipinski definition) is 5. The van der Waals surface area contributed by atoms with Gasteiger partial charge in [0, 0.05) is 6.42 Å². The quantitative estimate of drug-likeness (QED) is 0.313. The number of unbranched alkanes of at least 4 members (excludes halogenated alkanes) is 1. The first-order chi connectivity index (χ1) is 7.67. The number of carbonyl (C=O) groups is 2. The van der Waals surface area contributed by atoms with Crippen LogP contribution in [-0.4, -0.2) is 37.9 Å². The van der Waals surface area contributed by atoms with Gasteiger partial charge in [-0.2, -0.15) is 0 Å². The van der Waals surface area contributed by atoms with E-state index in [1.807, 2.05) is 0 Å². The van der Waals surface area contributed by atoms with E-state index in [4.69, 9.17) is 5.11 Å². The summed E-state index contributed by atoms with van der Waals surface area (Å²) >= 11 is 0. The summed E-state index contributed by atoms with van der Waals surface area (Å²) in [5.41, 5.74) is 0. The summed E-state index contributed by atoms with van der Waals surface area (Å²) in [6, 6.07) is 0. The summed E-state index contributed by atoms with van der Waals surface area (Å²) in [6.45, 7) is -0.183. The van der Waals surface area contributed by atoms with Crippen molar-refractivity contribution in [1.29, 1.82) is 0 Å². The van der Waals surface area contributed by atoms with Crippen molar-refractivity contribution in [2.45, 2.75) is 19.3 Å². The Kier molecular flexibility index (Phi) is 7.90. The van der Waals surface area contributed by atoms with Gasteiger partial charge in [-0.1, -0.05) is 5.92 Å². The van der Waals surface area contributed by atoms with Crippen LogP contribution >= 0.6 is 0 Å². The second-order valence-electron chi connectivity index (χ2n) is 3.00. The number of aliphatic hydroxyl groups is 1. The van der Waals surface area contributed by atoms with Crippen LogP contribution < -0.4 is 0 Å². The molecule has 0 amide bonds. The molecule has 5 heteroatoms. The maximum atomic E-state index is 11.2. The lowest BCUT2D eigenvalue weighted by molar-refractivity contribution is -0.159. The van der Waals surface area contributed by atoms with E-state index < -0.39 is 17.9 Å². The van der Waals surface area contributed by atoms with E-state index in [1.165, 1.54) is 14.2 Å². The third-order valence-electron chi connectivity index (χ3n) is 1.97. The van der Waals surface area contributed by atoms with E-state index >= 15 is 0 Å². The van der Waals surface area contributed by atoms with Crippen LogP contribution in [0.1, 0.15) is 19.3 Å². The topological polar surface area (TPSA) is 72.8 Å². The zero-order chi connectivity index (χ0) is 12.4. The molecule has 90 valence electrons. The third-order valence-corrected chi connectivity index (χ3v) is 1.97. The molecule has 0 saturated heterocycles. The Bertz CT molecular complexity index is 270. The van der Waals surface area contributed by atoms with Crippen molar-refractivity contribution in [1.82, 2.24) is 0 Å². The number of hydrogen-bond donors (Lipinski definition) is 1. The van der Waals surface area contributed by atoms with Gasteiger partial charge >= 0.3 is 11.9 Å². The van der Waals surface area contributed by atoms with Crippen molar-refractivity contribution < 1.29 is 24.2 Å². The molecule has 0 aliphatic heterocycles. The van der Waals surface area contributed by atoms with Crippen LogP contribution in [0.2, 0.25) is 0 Å². The molecule has 0 spiro atoms. The number of rotatable bonds is 5. The van der Waals surface area contributed by atoms with Crippen molar-refractivity contribution in [3.8, 4) is 11.8 Å². The summed E-state index contributed by atoms with van der Waals surface area (Å²) in [6.07, 6.45) is 1.42. The van der Waals surface area contributed by atoms with E-state index in [1.54, 1.807) is 0 Å². The molecule has 0 fully saturated rings. The highest BCUT2D eigenvalue weighted by atomic mass is 16.5. The molecular formula is C11H16O5. The fraction of sp³-hybridized carbons (Fsp3) is 0.636. The maximum absolute atomic E-state index is 11.2. The van der Waals surface area contributed by atoms with E-state index in [2.05, 4.69) is 21.3 Å². The van der Waals surface area contributed by atoms with Crippen molar-refractivity contribution in [2.24, 2.45) is 5.92 Å². The fourth-order valence-corrected chi connectivity index (χ4v) is 1.16. The number of esters is 2. The number of methoxy groups -OCH3 is 2. The van der Waals surface area contributed by atoms with Gasteiger partial charge in [-0.3, -0.25) is 9.59 Å². The summed E-state index contributed by atoms with van der Waals surface area (Å²) in [4.78, 5) is 22.5. The van der Waals surface area contributed by atoms with Gasteiger partial charge in [-0.25, -0.2) is 0 Å². The molecule has 0 aliphatic carbocycles. The zero-order valence-electron chi connectivity index (χ0n) is 9.49. The zero-order valence-corrected chi connectivity index (χ0v) is 9.49. The molecular weight excluding hydrogens is 212 g/mol. The fourth-order valence-electron chi connectivity index (χ4n) is 1.16. The molecule has 1 N–H and O–H groups in total. The smallest absolute Gasteiger partial charge is 0.320 e. The molecule has 16 heavy (non-hydrogen) atoms. The Labute approximate surface area is 94.7 Å². The van der Waals surface area contributed by atoms with Gasteiger partial charge in [-0.15, -0.1) is 5.92 Å². The minimum Gasteiger partial charge on any atom is -0.468 e. The summed E-state index contributed by atoms with van der Waals surface area (Å²) in [5, 5.41) is 8.41. The molecule has 0 atom stereocenters. The maximum Gasteiger partial charge on any atom is 0.320 e. The highest BCUT2D eigenvalue weighted by molar-refractivity contribution is 5.94. The van der Waals surface area contributed by atoms with E-state index in [9.17, 15) is 9.59 Å². The van der Waals surface area contributed by atoms with Gasteiger partial charge < -0.3 is 14.6 Å². The van der Waals surface area contributed by atoms with Crippen LogP contribution in [0, 0.1) is 17.8 Å². The molecule has 0 saturated carbocycles. The van der Waals surface area contributed by atoms with Gasteiger partial charge in [0.2, 0.25) is 0 Å². The minimum atomic E-state index is -0.883. The molecule has 0 aromatic rings. The largest absolute Gasteiger partial charge is 0.468 e. The summed E-state index contributed by atoms with van der Waals surface area (Å²) in [7, 11) is 2.45. The van der Waals surface area contributed by atoms with Crippen LogP contribution in [0.3, 0.4) is 0 Å². The van der Waals surface area contributed by atoms with Crippen LogP contribution in [0.25, 0.3) is 0 Å². The Morgan fingerprint density at radius 3 is 2.19 bits per heavy atom. The number of carbonyl (C=O) groups excluding carboxylic acids is 2. The average molecular weight is 228 g/mol. The second-order valence-corrected chi connectivity index (χ2v) is 3.00.